The number of nitrogens with zero attached hydrogens (tertiary/aromatic N) is 1. The van der Waals surface area contributed by atoms with E-state index in [1.807, 2.05) is 0 Å². The van der Waals surface area contributed by atoms with E-state index in [9.17, 15) is 9.59 Å². The molecule has 2 heterocycles. The minimum absolute atomic E-state index is 0.365. The van der Waals surface area contributed by atoms with Gasteiger partial charge >= 0.3 is 5.69 Å². The third-order valence-corrected chi connectivity index (χ3v) is 3.59. The molecule has 0 bridgehead atoms. The zero-order valence-corrected chi connectivity index (χ0v) is 11.5. The van der Waals surface area contributed by atoms with Gasteiger partial charge in [-0.1, -0.05) is 12.1 Å². The van der Waals surface area contributed by atoms with Crippen LogP contribution in [-0.4, -0.2) is 22.8 Å². The molecule has 0 radical (unpaired) electrons. The first kappa shape index (κ1) is 12.7. The van der Waals surface area contributed by atoms with E-state index < -0.39 is 5.69 Å². The van der Waals surface area contributed by atoms with E-state index in [4.69, 9.17) is 9.47 Å². The van der Waals surface area contributed by atoms with Gasteiger partial charge in [-0.05, 0) is 24.3 Å². The van der Waals surface area contributed by atoms with Crippen LogP contribution in [0.5, 0.6) is 11.5 Å². The van der Waals surface area contributed by atoms with Gasteiger partial charge in [-0.2, -0.15) is 0 Å². The molecule has 0 amide bonds. The number of hydrogen-bond acceptors (Lipinski definition) is 4. The summed E-state index contributed by atoms with van der Waals surface area (Å²) in [7, 11) is 0. The summed E-state index contributed by atoms with van der Waals surface area (Å²) in [6.45, 7) is 0.933. The van der Waals surface area contributed by atoms with Crippen LogP contribution in [0.1, 0.15) is 0 Å². The second-order valence-corrected chi connectivity index (χ2v) is 4.94. The predicted molar refractivity (Wildman–Crippen MR) is 81.2 cm³/mol. The van der Waals surface area contributed by atoms with Crippen molar-refractivity contribution in [3.8, 4) is 17.2 Å². The molecular weight excluding hydrogens is 284 g/mol. The lowest BCUT2D eigenvalue weighted by molar-refractivity contribution is 0.171. The minimum Gasteiger partial charge on any atom is -0.486 e. The molecule has 22 heavy (non-hydrogen) atoms. The van der Waals surface area contributed by atoms with E-state index >= 15 is 0 Å². The van der Waals surface area contributed by atoms with E-state index in [1.165, 1.54) is 0 Å². The molecule has 0 unspecified atom stereocenters. The molecule has 1 aromatic heterocycles. The molecule has 0 saturated heterocycles. The number of rotatable bonds is 1. The summed E-state index contributed by atoms with van der Waals surface area (Å²) in [5, 5.41) is 0.456. The van der Waals surface area contributed by atoms with E-state index in [1.54, 1.807) is 42.5 Å². The molecule has 4 rings (SSSR count). The Balaban J connectivity index is 1.98. The Morgan fingerprint density at radius 1 is 0.955 bits per heavy atom. The van der Waals surface area contributed by atoms with Crippen molar-refractivity contribution in [1.29, 1.82) is 0 Å². The van der Waals surface area contributed by atoms with E-state index in [-0.39, 0.29) is 5.56 Å². The van der Waals surface area contributed by atoms with Crippen molar-refractivity contribution in [1.82, 2.24) is 9.55 Å². The smallest absolute Gasteiger partial charge is 0.333 e. The first-order valence-corrected chi connectivity index (χ1v) is 6.88. The number of fused-ring (bicyclic) bond motifs is 2. The maximum absolute atomic E-state index is 12.6. The SMILES string of the molecule is O=c1[nH]c2ccccc2c(=O)n1-c1ccc2c(c1)OCCO2. The fraction of sp³-hybridized carbons (Fsp3) is 0.125. The highest BCUT2D eigenvalue weighted by Gasteiger charge is 2.15. The standard InChI is InChI=1S/C16H12N2O4/c19-15-11-3-1-2-4-12(11)17-16(20)18(15)10-5-6-13-14(9-10)22-8-7-21-13/h1-6,9H,7-8H2,(H,17,20). The first-order valence-electron chi connectivity index (χ1n) is 6.88. The zero-order chi connectivity index (χ0) is 15.1. The average Bonchev–Trinajstić information content (AvgIpc) is 2.55. The largest absolute Gasteiger partial charge is 0.486 e. The molecule has 0 saturated carbocycles. The van der Waals surface area contributed by atoms with Gasteiger partial charge in [-0.3, -0.25) is 4.79 Å². The Hall–Kier alpha value is -3.02. The van der Waals surface area contributed by atoms with E-state index in [2.05, 4.69) is 4.98 Å². The van der Waals surface area contributed by atoms with Crippen molar-refractivity contribution in [3.63, 3.8) is 0 Å². The van der Waals surface area contributed by atoms with Gasteiger partial charge in [0.15, 0.2) is 11.5 Å². The monoisotopic (exact) mass is 296 g/mol. The molecule has 2 aromatic carbocycles. The molecule has 0 fully saturated rings. The lowest BCUT2D eigenvalue weighted by Gasteiger charge is -2.19. The number of benzene rings is 2. The Labute approximate surface area is 124 Å². The molecule has 0 aliphatic carbocycles. The summed E-state index contributed by atoms with van der Waals surface area (Å²) in [5.41, 5.74) is 0.115. The fourth-order valence-corrected chi connectivity index (χ4v) is 2.57. The van der Waals surface area contributed by atoms with Gasteiger partial charge in [0.1, 0.15) is 13.2 Å². The Morgan fingerprint density at radius 3 is 2.59 bits per heavy atom. The third kappa shape index (κ3) is 1.88. The second-order valence-electron chi connectivity index (χ2n) is 4.94. The van der Waals surface area contributed by atoms with Gasteiger partial charge in [0.25, 0.3) is 5.56 Å². The topological polar surface area (TPSA) is 73.3 Å². The summed E-state index contributed by atoms with van der Waals surface area (Å²) < 4.78 is 12.0. The lowest BCUT2D eigenvalue weighted by atomic mass is 10.2. The van der Waals surface area contributed by atoms with Gasteiger partial charge in [-0.25, -0.2) is 9.36 Å². The molecule has 1 aliphatic heterocycles. The van der Waals surface area contributed by atoms with Crippen LogP contribution < -0.4 is 20.7 Å². The molecule has 110 valence electrons. The number of para-hydroxylation sites is 1. The van der Waals surface area contributed by atoms with Crippen LogP contribution >= 0.6 is 0 Å². The van der Waals surface area contributed by atoms with Crippen LogP contribution in [-0.2, 0) is 0 Å². The van der Waals surface area contributed by atoms with Gasteiger partial charge < -0.3 is 14.5 Å². The molecule has 0 spiro atoms. The van der Waals surface area contributed by atoms with Crippen LogP contribution in [0.4, 0.5) is 0 Å². The zero-order valence-electron chi connectivity index (χ0n) is 11.5. The average molecular weight is 296 g/mol. The summed E-state index contributed by atoms with van der Waals surface area (Å²) in [6.07, 6.45) is 0. The number of ether oxygens (including phenoxy) is 2. The van der Waals surface area contributed by atoms with Gasteiger partial charge in [0.05, 0.1) is 16.6 Å². The molecule has 6 nitrogen and oxygen atoms in total. The van der Waals surface area contributed by atoms with Crippen molar-refractivity contribution >= 4 is 10.9 Å². The van der Waals surface area contributed by atoms with Gasteiger partial charge in [0.2, 0.25) is 0 Å². The normalized spacial score (nSPS) is 13.3. The van der Waals surface area contributed by atoms with Crippen molar-refractivity contribution in [3.05, 3.63) is 63.3 Å². The van der Waals surface area contributed by atoms with Crippen LogP contribution in [0, 0.1) is 0 Å². The van der Waals surface area contributed by atoms with Crippen molar-refractivity contribution in [2.75, 3.05) is 13.2 Å². The molecule has 3 aromatic rings. The van der Waals surface area contributed by atoms with Crippen LogP contribution in [0.15, 0.2) is 52.1 Å². The molecule has 0 atom stereocenters. The summed E-state index contributed by atoms with van der Waals surface area (Å²) in [5.74, 6) is 1.14. The molecule has 1 N–H and O–H groups in total. The number of aromatic nitrogens is 2. The molecule has 1 aliphatic rings. The van der Waals surface area contributed by atoms with E-state index in [0.717, 1.165) is 4.57 Å². The maximum Gasteiger partial charge on any atom is 0.333 e. The number of hydrogen-bond donors (Lipinski definition) is 1. The Bertz CT molecular complexity index is 987. The number of aromatic amines is 1. The van der Waals surface area contributed by atoms with Crippen molar-refractivity contribution in [2.24, 2.45) is 0 Å². The van der Waals surface area contributed by atoms with Gasteiger partial charge in [-0.15, -0.1) is 0 Å². The minimum atomic E-state index is -0.486. The lowest BCUT2D eigenvalue weighted by Crippen LogP contribution is -2.33. The van der Waals surface area contributed by atoms with E-state index in [0.29, 0.717) is 41.3 Å². The quantitative estimate of drug-likeness (QED) is 0.737. The van der Waals surface area contributed by atoms with Crippen molar-refractivity contribution < 1.29 is 9.47 Å². The second kappa shape index (κ2) is 4.77. The number of nitrogens with one attached hydrogen (secondary N) is 1. The van der Waals surface area contributed by atoms with Crippen LogP contribution in [0.25, 0.3) is 16.6 Å². The highest BCUT2D eigenvalue weighted by molar-refractivity contribution is 5.77. The summed E-state index contributed by atoms with van der Waals surface area (Å²) in [4.78, 5) is 27.6. The Morgan fingerprint density at radius 2 is 1.73 bits per heavy atom. The van der Waals surface area contributed by atoms with Gasteiger partial charge in [0, 0.05) is 6.07 Å². The molecular formula is C16H12N2O4. The third-order valence-electron chi connectivity index (χ3n) is 3.59. The predicted octanol–water partition coefficient (Wildman–Crippen LogP) is 1.45. The summed E-state index contributed by atoms with van der Waals surface area (Å²) >= 11 is 0. The van der Waals surface area contributed by atoms with Crippen LogP contribution in [0.2, 0.25) is 0 Å². The maximum atomic E-state index is 12.6. The summed E-state index contributed by atoms with van der Waals surface area (Å²) in [6, 6.07) is 11.9. The van der Waals surface area contributed by atoms with Crippen molar-refractivity contribution in [2.45, 2.75) is 0 Å². The Kier molecular flexibility index (Phi) is 2.75. The van der Waals surface area contributed by atoms with Crippen LogP contribution in [0.3, 0.4) is 0 Å². The molecule has 6 heteroatoms. The fourth-order valence-electron chi connectivity index (χ4n) is 2.57. The highest BCUT2D eigenvalue weighted by atomic mass is 16.6. The first-order chi connectivity index (χ1) is 10.7. The highest BCUT2D eigenvalue weighted by Crippen LogP contribution is 2.31. The number of H-pyrrole nitrogens is 1.